The molecular weight excluding hydrogens is 268 g/mol. The number of hydrogen-bond donors (Lipinski definition) is 1. The van der Waals surface area contributed by atoms with Crippen LogP contribution in [-0.4, -0.2) is 25.1 Å². The minimum absolute atomic E-state index is 0.0128. The SMILES string of the molecule is O=C(O)C1(OS(=O)(=O)c2ccccc2)CCCCC1. The summed E-state index contributed by atoms with van der Waals surface area (Å²) in [6.45, 7) is 0. The highest BCUT2D eigenvalue weighted by molar-refractivity contribution is 7.86. The van der Waals surface area contributed by atoms with Crippen molar-refractivity contribution in [2.45, 2.75) is 42.6 Å². The normalized spacial score (nSPS) is 18.9. The first-order chi connectivity index (χ1) is 8.96. The first-order valence-electron chi connectivity index (χ1n) is 6.20. The van der Waals surface area contributed by atoms with E-state index in [1.54, 1.807) is 18.2 Å². The van der Waals surface area contributed by atoms with Gasteiger partial charge in [0.25, 0.3) is 10.1 Å². The molecular formula is C13H16O5S. The van der Waals surface area contributed by atoms with Gasteiger partial charge in [-0.2, -0.15) is 8.42 Å². The summed E-state index contributed by atoms with van der Waals surface area (Å²) in [5.74, 6) is -1.20. The van der Waals surface area contributed by atoms with E-state index in [9.17, 15) is 18.3 Å². The Morgan fingerprint density at radius 3 is 2.21 bits per heavy atom. The lowest BCUT2D eigenvalue weighted by Crippen LogP contribution is -2.44. The fourth-order valence-electron chi connectivity index (χ4n) is 2.30. The van der Waals surface area contributed by atoms with Gasteiger partial charge in [-0.1, -0.05) is 24.6 Å². The molecule has 104 valence electrons. The van der Waals surface area contributed by atoms with Gasteiger partial charge in [-0.15, -0.1) is 0 Å². The molecule has 1 aliphatic carbocycles. The van der Waals surface area contributed by atoms with Crippen molar-refractivity contribution < 1.29 is 22.5 Å². The fraction of sp³-hybridized carbons (Fsp3) is 0.462. The number of aliphatic carboxylic acids is 1. The highest BCUT2D eigenvalue weighted by atomic mass is 32.2. The van der Waals surface area contributed by atoms with Crippen molar-refractivity contribution in [2.75, 3.05) is 0 Å². The summed E-state index contributed by atoms with van der Waals surface area (Å²) in [6.07, 6.45) is 2.69. The number of carboxylic acids is 1. The maximum atomic E-state index is 12.1. The van der Waals surface area contributed by atoms with Crippen LogP contribution in [0.5, 0.6) is 0 Å². The molecule has 1 N–H and O–H groups in total. The van der Waals surface area contributed by atoms with Crippen LogP contribution in [0.15, 0.2) is 35.2 Å². The third kappa shape index (κ3) is 2.96. The van der Waals surface area contributed by atoms with Gasteiger partial charge in [-0.05, 0) is 37.8 Å². The van der Waals surface area contributed by atoms with Crippen LogP contribution in [0.1, 0.15) is 32.1 Å². The van der Waals surface area contributed by atoms with Crippen LogP contribution in [0.2, 0.25) is 0 Å². The predicted molar refractivity (Wildman–Crippen MR) is 68.2 cm³/mol. The molecule has 0 amide bonds. The molecule has 0 aliphatic heterocycles. The molecule has 0 atom stereocenters. The van der Waals surface area contributed by atoms with E-state index in [1.165, 1.54) is 12.1 Å². The summed E-state index contributed by atoms with van der Waals surface area (Å²) < 4.78 is 29.3. The number of carbonyl (C=O) groups is 1. The van der Waals surface area contributed by atoms with Crippen LogP contribution >= 0.6 is 0 Å². The van der Waals surface area contributed by atoms with Crippen molar-refractivity contribution in [1.29, 1.82) is 0 Å². The first-order valence-corrected chi connectivity index (χ1v) is 7.61. The summed E-state index contributed by atoms with van der Waals surface area (Å²) in [6, 6.07) is 7.63. The molecule has 0 radical (unpaired) electrons. The zero-order valence-corrected chi connectivity index (χ0v) is 11.2. The Hall–Kier alpha value is -1.40. The molecule has 6 heteroatoms. The van der Waals surface area contributed by atoms with E-state index in [1.807, 2.05) is 0 Å². The Morgan fingerprint density at radius 2 is 1.68 bits per heavy atom. The Balaban J connectivity index is 2.29. The Bertz CT molecular complexity index is 544. The van der Waals surface area contributed by atoms with Crippen LogP contribution in [0.25, 0.3) is 0 Å². The van der Waals surface area contributed by atoms with Crippen molar-refractivity contribution in [1.82, 2.24) is 0 Å². The number of carboxylic acid groups (broad SMARTS) is 1. The number of benzene rings is 1. The molecule has 5 nitrogen and oxygen atoms in total. The second-order valence-corrected chi connectivity index (χ2v) is 6.26. The van der Waals surface area contributed by atoms with E-state index < -0.39 is 21.7 Å². The first kappa shape index (κ1) is 14.0. The molecule has 1 aromatic carbocycles. The van der Waals surface area contributed by atoms with Gasteiger partial charge in [0.05, 0.1) is 4.90 Å². The van der Waals surface area contributed by atoms with Gasteiger partial charge in [0.2, 0.25) is 0 Å². The second-order valence-electron chi connectivity index (χ2n) is 4.71. The molecule has 1 aromatic rings. The van der Waals surface area contributed by atoms with Crippen LogP contribution in [0, 0.1) is 0 Å². The zero-order valence-electron chi connectivity index (χ0n) is 10.4. The lowest BCUT2D eigenvalue weighted by molar-refractivity contribution is -0.157. The monoisotopic (exact) mass is 284 g/mol. The van der Waals surface area contributed by atoms with Crippen molar-refractivity contribution in [3.63, 3.8) is 0 Å². The van der Waals surface area contributed by atoms with Crippen molar-refractivity contribution in [2.24, 2.45) is 0 Å². The van der Waals surface area contributed by atoms with E-state index in [2.05, 4.69) is 0 Å². The van der Waals surface area contributed by atoms with E-state index >= 15 is 0 Å². The largest absolute Gasteiger partial charge is 0.479 e. The molecule has 19 heavy (non-hydrogen) atoms. The number of hydrogen-bond acceptors (Lipinski definition) is 4. The van der Waals surface area contributed by atoms with Crippen LogP contribution in [0.3, 0.4) is 0 Å². The molecule has 1 fully saturated rings. The standard InChI is InChI=1S/C13H16O5S/c14-12(15)13(9-5-2-6-10-13)18-19(16,17)11-7-3-1-4-8-11/h1,3-4,7-8H,2,5-6,9-10H2,(H,14,15). The summed E-state index contributed by atoms with van der Waals surface area (Å²) in [5.41, 5.74) is -1.60. The topological polar surface area (TPSA) is 80.7 Å². The summed E-state index contributed by atoms with van der Waals surface area (Å²) in [4.78, 5) is 11.4. The van der Waals surface area contributed by atoms with E-state index in [-0.39, 0.29) is 17.7 Å². The highest BCUT2D eigenvalue weighted by Crippen LogP contribution is 2.34. The van der Waals surface area contributed by atoms with E-state index in [4.69, 9.17) is 4.18 Å². The van der Waals surface area contributed by atoms with Gasteiger partial charge < -0.3 is 5.11 Å². The third-order valence-electron chi connectivity index (χ3n) is 3.35. The van der Waals surface area contributed by atoms with E-state index in [0.717, 1.165) is 6.42 Å². The molecule has 0 heterocycles. The second kappa shape index (κ2) is 5.30. The Kier molecular flexibility index (Phi) is 3.91. The van der Waals surface area contributed by atoms with E-state index in [0.29, 0.717) is 12.8 Å². The van der Waals surface area contributed by atoms with Gasteiger partial charge in [0.15, 0.2) is 5.60 Å². The highest BCUT2D eigenvalue weighted by Gasteiger charge is 2.45. The van der Waals surface area contributed by atoms with Gasteiger partial charge in [-0.3, -0.25) is 0 Å². The van der Waals surface area contributed by atoms with Crippen LogP contribution < -0.4 is 0 Å². The Morgan fingerprint density at radius 1 is 1.11 bits per heavy atom. The van der Waals surface area contributed by atoms with Crippen molar-refractivity contribution >= 4 is 16.1 Å². The smallest absolute Gasteiger partial charge is 0.337 e. The average Bonchev–Trinajstić information content (AvgIpc) is 2.40. The summed E-state index contributed by atoms with van der Waals surface area (Å²) in [7, 11) is -4.04. The van der Waals surface area contributed by atoms with Gasteiger partial charge >= 0.3 is 5.97 Å². The molecule has 1 saturated carbocycles. The lowest BCUT2D eigenvalue weighted by atomic mass is 9.85. The average molecular weight is 284 g/mol. The third-order valence-corrected chi connectivity index (χ3v) is 4.74. The number of rotatable bonds is 4. The molecule has 1 aliphatic rings. The van der Waals surface area contributed by atoms with Gasteiger partial charge in [-0.25, -0.2) is 8.98 Å². The minimum Gasteiger partial charge on any atom is -0.479 e. The summed E-state index contributed by atoms with van der Waals surface area (Å²) >= 11 is 0. The zero-order chi connectivity index (χ0) is 13.9. The Labute approximate surface area is 112 Å². The fourth-order valence-corrected chi connectivity index (χ4v) is 3.55. The maximum Gasteiger partial charge on any atom is 0.337 e. The van der Waals surface area contributed by atoms with Crippen LogP contribution in [-0.2, 0) is 19.1 Å². The quantitative estimate of drug-likeness (QED) is 0.857. The molecule has 0 spiro atoms. The van der Waals surface area contributed by atoms with Gasteiger partial charge in [0, 0.05) is 0 Å². The van der Waals surface area contributed by atoms with Gasteiger partial charge in [0.1, 0.15) is 0 Å². The molecule has 2 rings (SSSR count). The minimum atomic E-state index is -4.04. The summed E-state index contributed by atoms with van der Waals surface area (Å²) in [5, 5.41) is 9.31. The molecule has 0 saturated heterocycles. The predicted octanol–water partition coefficient (Wildman–Crippen LogP) is 2.18. The molecule has 0 bridgehead atoms. The maximum absolute atomic E-state index is 12.1. The van der Waals surface area contributed by atoms with Crippen molar-refractivity contribution in [3.05, 3.63) is 30.3 Å². The lowest BCUT2D eigenvalue weighted by Gasteiger charge is -2.32. The molecule has 0 aromatic heterocycles. The molecule has 0 unspecified atom stereocenters. The van der Waals surface area contributed by atoms with Crippen molar-refractivity contribution in [3.8, 4) is 0 Å². The van der Waals surface area contributed by atoms with Crippen LogP contribution in [0.4, 0.5) is 0 Å².